The van der Waals surface area contributed by atoms with Gasteiger partial charge in [0.05, 0.1) is 18.2 Å². The largest absolute Gasteiger partial charge is 0.310 e. The van der Waals surface area contributed by atoms with E-state index in [4.69, 9.17) is 0 Å². The minimum atomic E-state index is -9.96. The van der Waals surface area contributed by atoms with Gasteiger partial charge in [-0.15, -0.1) is 0 Å². The Hall–Kier alpha value is -2.60. The van der Waals surface area contributed by atoms with Crippen molar-refractivity contribution in [1.29, 1.82) is 0 Å². The Morgan fingerprint density at radius 2 is 1.06 bits per heavy atom. The zero-order valence-corrected chi connectivity index (χ0v) is 19.1. The highest BCUT2D eigenvalue weighted by Gasteiger charge is 2.66. The average molecular weight is 573 g/mol. The number of rotatable bonds is 5. The zero-order valence-electron chi connectivity index (χ0n) is 17.5. The lowest BCUT2D eigenvalue weighted by atomic mass is 10.1. The van der Waals surface area contributed by atoms with Gasteiger partial charge in [0.1, 0.15) is 21.4 Å². The van der Waals surface area contributed by atoms with Crippen LogP contribution in [0, 0.1) is 11.6 Å². The number of carbonyl (C=O) groups excluding carboxylic acids is 2. The quantitative estimate of drug-likeness (QED) is 0.204. The van der Waals surface area contributed by atoms with E-state index < -0.39 is 70.8 Å². The molecule has 0 fully saturated rings. The maximum absolute atomic E-state index is 13.4. The second-order valence-corrected chi connectivity index (χ2v) is 11.6. The van der Waals surface area contributed by atoms with E-state index in [2.05, 4.69) is 4.84 Å². The number of nitrogens with zero attached hydrogens (tertiary/aromatic N) is 1. The van der Waals surface area contributed by atoms with Gasteiger partial charge >= 0.3 is 20.4 Å². The van der Waals surface area contributed by atoms with Crippen LogP contribution < -0.4 is 0 Å². The fraction of sp³-hybridized carbons (Fsp3) is 0.176. The van der Waals surface area contributed by atoms with Gasteiger partial charge in [-0.1, -0.05) is 38.9 Å². The summed E-state index contributed by atoms with van der Waals surface area (Å²) in [6, 6.07) is -0.0787. The lowest BCUT2D eigenvalue weighted by Gasteiger charge is -2.40. The molecule has 2 aromatic rings. The molecule has 0 heterocycles. The van der Waals surface area contributed by atoms with Crippen molar-refractivity contribution < 1.29 is 62.1 Å². The monoisotopic (exact) mass is 573 g/mol. The van der Waals surface area contributed by atoms with Crippen LogP contribution in [0.3, 0.4) is 0 Å². The first-order valence-corrected chi connectivity index (χ1v) is 12.4. The molecule has 0 spiro atoms. The summed E-state index contributed by atoms with van der Waals surface area (Å²) < 4.78 is 149. The van der Waals surface area contributed by atoms with Crippen molar-refractivity contribution in [1.82, 2.24) is 5.06 Å². The van der Waals surface area contributed by atoms with E-state index in [1.54, 1.807) is 0 Å². The Bertz CT molecular complexity index is 1180. The minimum absolute atomic E-state index is 0.00136. The zero-order chi connectivity index (χ0) is 28.0. The second kappa shape index (κ2) is 7.70. The Balaban J connectivity index is 0.000000355. The fourth-order valence-electron chi connectivity index (χ4n) is 2.18. The Morgan fingerprint density at radius 3 is 1.31 bits per heavy atom. The molecule has 2 aromatic carbocycles. The number of benzene rings is 2. The first-order chi connectivity index (χ1) is 15.1. The van der Waals surface area contributed by atoms with Crippen molar-refractivity contribution in [2.45, 2.75) is 16.7 Å². The number of amides is 1. The maximum Gasteiger partial charge on any atom is 0.310 e. The standard InChI is InChI=1S/C9H9F6NO2S.C8H6F6OS/c1-16(18-2)9(17)7-4-3-6(5-8(7)10)19(11,12,13,14)15;1-5(15)7-3-2-6(4-8(7)9)16(10,11,12,13)14/h3-5H,1-2H3;2-4H,1H3. The van der Waals surface area contributed by atoms with Gasteiger partial charge in [0.15, 0.2) is 5.78 Å². The van der Waals surface area contributed by atoms with Crippen molar-refractivity contribution in [3.63, 3.8) is 0 Å². The van der Waals surface area contributed by atoms with Crippen LogP contribution in [0.25, 0.3) is 0 Å². The second-order valence-electron chi connectivity index (χ2n) is 6.76. The van der Waals surface area contributed by atoms with E-state index in [9.17, 15) is 57.2 Å². The van der Waals surface area contributed by atoms with Crippen molar-refractivity contribution in [2.75, 3.05) is 14.2 Å². The first-order valence-electron chi connectivity index (χ1n) is 8.48. The van der Waals surface area contributed by atoms with Gasteiger partial charge in [-0.2, -0.15) is 0 Å². The van der Waals surface area contributed by atoms with Crippen LogP contribution in [0.5, 0.6) is 0 Å². The SMILES string of the molecule is CC(=O)c1ccc(S(F)(F)(F)(F)F)cc1F.CON(C)C(=O)c1ccc(S(F)(F)(F)(F)F)cc1F. The number of hydrogen-bond acceptors (Lipinski definition) is 3. The van der Waals surface area contributed by atoms with Gasteiger partial charge in [-0.05, 0) is 43.3 Å². The molecular formula is C17H15F12NO3S2. The number of hydroxylamine groups is 2. The average Bonchev–Trinajstić information content (AvgIpc) is 2.63. The predicted molar refractivity (Wildman–Crippen MR) is 105 cm³/mol. The fourth-order valence-corrected chi connectivity index (χ4v) is 3.49. The van der Waals surface area contributed by atoms with Gasteiger partial charge < -0.3 is 0 Å². The van der Waals surface area contributed by atoms with Crippen LogP contribution in [-0.4, -0.2) is 30.9 Å². The normalized spacial score (nSPS) is 16.0. The number of ketones is 1. The van der Waals surface area contributed by atoms with Crippen molar-refractivity contribution in [3.8, 4) is 0 Å². The number of hydrogen-bond donors (Lipinski definition) is 0. The van der Waals surface area contributed by atoms with Crippen LogP contribution in [0.1, 0.15) is 27.6 Å². The van der Waals surface area contributed by atoms with Crippen molar-refractivity contribution >= 4 is 32.1 Å². The summed E-state index contributed by atoms with van der Waals surface area (Å²) in [5.74, 6) is -5.27. The van der Waals surface area contributed by atoms with E-state index in [1.807, 2.05) is 0 Å². The molecule has 0 unspecified atom stereocenters. The van der Waals surface area contributed by atoms with Gasteiger partial charge in [-0.25, -0.2) is 13.8 Å². The summed E-state index contributed by atoms with van der Waals surface area (Å²) in [6.07, 6.45) is 0. The highest BCUT2D eigenvalue weighted by atomic mass is 32.5. The summed E-state index contributed by atoms with van der Waals surface area (Å²) in [6.45, 7) is 0.915. The molecule has 0 bridgehead atoms. The minimum Gasteiger partial charge on any atom is -0.294 e. The molecule has 1 amide bonds. The van der Waals surface area contributed by atoms with E-state index in [1.165, 1.54) is 0 Å². The smallest absolute Gasteiger partial charge is 0.294 e. The summed E-state index contributed by atoms with van der Waals surface area (Å²) in [7, 11) is -17.7. The Labute approximate surface area is 189 Å². The van der Waals surface area contributed by atoms with E-state index in [0.717, 1.165) is 21.1 Å². The Morgan fingerprint density at radius 1 is 0.714 bits per heavy atom. The third-order valence-corrected chi connectivity index (χ3v) is 6.23. The number of Topliss-reactive ketones (excluding diaryl/α,β-unsaturated/α-hetero) is 1. The van der Waals surface area contributed by atoms with E-state index in [0.29, 0.717) is 17.2 Å². The molecule has 0 aliphatic carbocycles. The Kier molecular flexibility index (Phi) is 6.69. The van der Waals surface area contributed by atoms with Crippen LogP contribution in [0.15, 0.2) is 46.2 Å². The molecule has 4 nitrogen and oxygen atoms in total. The molecule has 0 atom stereocenters. The molecule has 0 saturated heterocycles. The van der Waals surface area contributed by atoms with Crippen LogP contribution >= 0.6 is 20.4 Å². The third-order valence-electron chi connectivity index (χ3n) is 3.94. The molecule has 0 N–H and O–H groups in total. The summed E-state index contributed by atoms with van der Waals surface area (Å²) >= 11 is 0. The molecule has 35 heavy (non-hydrogen) atoms. The molecular weight excluding hydrogens is 558 g/mol. The lowest BCUT2D eigenvalue weighted by molar-refractivity contribution is -0.0759. The van der Waals surface area contributed by atoms with Crippen LogP contribution in [0.4, 0.5) is 47.6 Å². The number of carbonyl (C=O) groups is 2. The molecule has 202 valence electrons. The third kappa shape index (κ3) is 8.24. The van der Waals surface area contributed by atoms with E-state index in [-0.39, 0.29) is 18.2 Å². The highest BCUT2D eigenvalue weighted by Crippen LogP contribution is 3.02. The first kappa shape index (κ1) is 30.4. The van der Waals surface area contributed by atoms with Crippen molar-refractivity contribution in [2.24, 2.45) is 0 Å². The summed E-state index contributed by atoms with van der Waals surface area (Å²) in [5, 5.41) is 0.540. The molecule has 2 rings (SSSR count). The maximum atomic E-state index is 13.4. The molecule has 0 radical (unpaired) electrons. The molecule has 0 aromatic heterocycles. The van der Waals surface area contributed by atoms with Gasteiger partial charge in [0, 0.05) is 7.05 Å². The number of halogens is 12. The van der Waals surface area contributed by atoms with E-state index >= 15 is 0 Å². The lowest BCUT2D eigenvalue weighted by Crippen LogP contribution is -2.26. The van der Waals surface area contributed by atoms with Crippen molar-refractivity contribution in [3.05, 3.63) is 59.2 Å². The highest BCUT2D eigenvalue weighted by molar-refractivity contribution is 8.46. The molecule has 0 aliphatic rings. The van der Waals surface area contributed by atoms with Gasteiger partial charge in [0.25, 0.3) is 5.91 Å². The van der Waals surface area contributed by atoms with Crippen LogP contribution in [0.2, 0.25) is 0 Å². The molecule has 0 aliphatic heterocycles. The van der Waals surface area contributed by atoms with Gasteiger partial charge in [-0.3, -0.25) is 14.4 Å². The predicted octanol–water partition coefficient (Wildman–Crippen LogP) is 8.80. The topological polar surface area (TPSA) is 46.6 Å². The molecule has 0 saturated carbocycles. The van der Waals surface area contributed by atoms with Crippen LogP contribution in [-0.2, 0) is 4.84 Å². The van der Waals surface area contributed by atoms with Gasteiger partial charge in [0.2, 0.25) is 0 Å². The summed E-state index contributed by atoms with van der Waals surface area (Å²) in [4.78, 5) is 21.8. The molecule has 18 heteroatoms. The summed E-state index contributed by atoms with van der Waals surface area (Å²) in [5.41, 5.74) is -1.47.